The van der Waals surface area contributed by atoms with Crippen LogP contribution in [0.2, 0.25) is 0 Å². The molecule has 2 nitrogen and oxygen atoms in total. The highest BCUT2D eigenvalue weighted by atomic mass is 15.1. The molecule has 4 aromatic rings. The highest BCUT2D eigenvalue weighted by molar-refractivity contribution is 6.14. The fraction of sp³-hybridized carbons (Fsp3) is 0.206. The van der Waals surface area contributed by atoms with E-state index >= 15 is 0 Å². The van der Waals surface area contributed by atoms with Crippen molar-refractivity contribution in [3.63, 3.8) is 0 Å². The lowest BCUT2D eigenvalue weighted by atomic mass is 9.81. The molecule has 0 spiro atoms. The number of anilines is 1. The molecule has 36 heavy (non-hydrogen) atoms. The number of nitriles is 1. The maximum atomic E-state index is 9.43. The number of fused-ring (bicyclic) bond motifs is 7. The second kappa shape index (κ2) is 8.54. The van der Waals surface area contributed by atoms with Crippen molar-refractivity contribution in [2.45, 2.75) is 32.1 Å². The topological polar surface area (TPSA) is 27.0 Å². The summed E-state index contributed by atoms with van der Waals surface area (Å²) >= 11 is 0. The standard InChI is InChI=1S/C34H30N2/c1-23-8-6-18-36(19-7-9-24(20-23)22-35)26-13-15-30-32(21-26)34(2,3)31-17-16-28-27-11-5-4-10-25(27)12-14-29(28)33(30)31/h4-5,7,9-17,20-21H,1,6,8,18-19H2,2-3H3/b9-7-,24-20+. The van der Waals surface area contributed by atoms with E-state index in [-0.39, 0.29) is 5.41 Å². The Morgan fingerprint density at radius 1 is 0.917 bits per heavy atom. The van der Waals surface area contributed by atoms with Crippen LogP contribution in [-0.4, -0.2) is 13.1 Å². The summed E-state index contributed by atoms with van der Waals surface area (Å²) in [7, 11) is 0. The van der Waals surface area contributed by atoms with Gasteiger partial charge in [0.15, 0.2) is 0 Å². The molecule has 1 aliphatic carbocycles. The summed E-state index contributed by atoms with van der Waals surface area (Å²) in [5.41, 5.74) is 8.37. The van der Waals surface area contributed by atoms with Gasteiger partial charge < -0.3 is 4.90 Å². The third kappa shape index (κ3) is 3.55. The van der Waals surface area contributed by atoms with Crippen LogP contribution in [0.5, 0.6) is 0 Å². The Balaban J connectivity index is 1.45. The van der Waals surface area contributed by atoms with Crippen LogP contribution in [-0.2, 0) is 5.41 Å². The lowest BCUT2D eigenvalue weighted by molar-refractivity contribution is 0.660. The zero-order valence-electron chi connectivity index (χ0n) is 21.0. The summed E-state index contributed by atoms with van der Waals surface area (Å²) in [6.07, 6.45) is 7.85. The average molecular weight is 467 g/mol. The molecule has 4 aromatic carbocycles. The summed E-state index contributed by atoms with van der Waals surface area (Å²) in [6, 6.07) is 27.2. The van der Waals surface area contributed by atoms with Crippen LogP contribution in [0.15, 0.2) is 103 Å². The molecule has 0 saturated carbocycles. The van der Waals surface area contributed by atoms with Crippen LogP contribution in [0, 0.1) is 11.3 Å². The molecule has 176 valence electrons. The van der Waals surface area contributed by atoms with Crippen LogP contribution < -0.4 is 4.90 Å². The van der Waals surface area contributed by atoms with E-state index in [0.29, 0.717) is 5.57 Å². The van der Waals surface area contributed by atoms with Gasteiger partial charge in [-0.25, -0.2) is 0 Å². The third-order valence-corrected chi connectivity index (χ3v) is 7.95. The van der Waals surface area contributed by atoms with Crippen LogP contribution in [0.25, 0.3) is 32.7 Å². The van der Waals surface area contributed by atoms with E-state index in [9.17, 15) is 5.26 Å². The van der Waals surface area contributed by atoms with Crippen molar-refractivity contribution in [3.05, 3.63) is 114 Å². The number of nitrogens with zero attached hydrogens (tertiary/aromatic N) is 2. The zero-order valence-corrected chi connectivity index (χ0v) is 21.0. The minimum atomic E-state index is -0.0710. The molecule has 0 aromatic heterocycles. The zero-order chi connectivity index (χ0) is 24.9. The first-order valence-electron chi connectivity index (χ1n) is 12.8. The number of hydrogen-bond acceptors (Lipinski definition) is 2. The molecular weight excluding hydrogens is 436 g/mol. The second-order valence-electron chi connectivity index (χ2n) is 10.5. The van der Waals surface area contributed by atoms with Gasteiger partial charge in [-0.15, -0.1) is 0 Å². The first kappa shape index (κ1) is 22.4. The van der Waals surface area contributed by atoms with E-state index in [2.05, 4.69) is 104 Å². The lowest BCUT2D eigenvalue weighted by Crippen LogP contribution is -2.25. The first-order valence-corrected chi connectivity index (χ1v) is 12.8. The summed E-state index contributed by atoms with van der Waals surface area (Å²) in [4.78, 5) is 2.43. The molecule has 0 fully saturated rings. The van der Waals surface area contributed by atoms with Gasteiger partial charge >= 0.3 is 0 Å². The largest absolute Gasteiger partial charge is 0.368 e. The van der Waals surface area contributed by atoms with Crippen molar-refractivity contribution in [2.24, 2.45) is 0 Å². The number of benzene rings is 4. The van der Waals surface area contributed by atoms with Crippen molar-refractivity contribution >= 4 is 27.2 Å². The molecule has 0 unspecified atom stereocenters. The predicted octanol–water partition coefficient (Wildman–Crippen LogP) is 8.46. The van der Waals surface area contributed by atoms with E-state index in [1.807, 2.05) is 12.2 Å². The van der Waals surface area contributed by atoms with E-state index in [4.69, 9.17) is 0 Å². The van der Waals surface area contributed by atoms with Crippen LogP contribution in [0.3, 0.4) is 0 Å². The summed E-state index contributed by atoms with van der Waals surface area (Å²) < 4.78 is 0. The SMILES string of the molecule is C=C1/C=C(C#N)\C=C/CN(c2ccc3c(c2)C(C)(C)c2ccc4c(ccc5ccccc54)c2-3)CCC1. The molecule has 0 bridgehead atoms. The Bertz CT molecular complexity index is 1640. The smallest absolute Gasteiger partial charge is 0.0991 e. The maximum Gasteiger partial charge on any atom is 0.0991 e. The van der Waals surface area contributed by atoms with Crippen LogP contribution >= 0.6 is 0 Å². The van der Waals surface area contributed by atoms with Crippen molar-refractivity contribution in [2.75, 3.05) is 18.0 Å². The molecule has 2 heteroatoms. The van der Waals surface area contributed by atoms with Crippen LogP contribution in [0.1, 0.15) is 37.8 Å². The quantitative estimate of drug-likeness (QED) is 0.263. The lowest BCUT2D eigenvalue weighted by Gasteiger charge is -2.27. The molecule has 0 atom stereocenters. The van der Waals surface area contributed by atoms with Gasteiger partial charge in [-0.1, -0.05) is 86.7 Å². The Morgan fingerprint density at radius 3 is 2.61 bits per heavy atom. The highest BCUT2D eigenvalue weighted by Crippen LogP contribution is 2.52. The van der Waals surface area contributed by atoms with Crippen LogP contribution in [0.4, 0.5) is 5.69 Å². The molecule has 0 amide bonds. The Labute approximate surface area is 213 Å². The summed E-state index contributed by atoms with van der Waals surface area (Å²) in [6.45, 7) is 10.6. The second-order valence-corrected chi connectivity index (χ2v) is 10.5. The van der Waals surface area contributed by atoms with Crippen molar-refractivity contribution in [1.82, 2.24) is 0 Å². The monoisotopic (exact) mass is 466 g/mol. The number of allylic oxidation sites excluding steroid dienone is 4. The van der Waals surface area contributed by atoms with Gasteiger partial charge in [0.25, 0.3) is 0 Å². The Kier molecular flexibility index (Phi) is 5.31. The van der Waals surface area contributed by atoms with E-state index < -0.39 is 0 Å². The third-order valence-electron chi connectivity index (χ3n) is 7.95. The van der Waals surface area contributed by atoms with Crippen molar-refractivity contribution in [3.8, 4) is 17.2 Å². The maximum absolute atomic E-state index is 9.43. The van der Waals surface area contributed by atoms with Gasteiger partial charge in [0.2, 0.25) is 0 Å². The van der Waals surface area contributed by atoms with Gasteiger partial charge in [0.1, 0.15) is 0 Å². The summed E-state index contributed by atoms with van der Waals surface area (Å²) in [5.74, 6) is 0. The number of hydrogen-bond donors (Lipinski definition) is 0. The molecule has 0 saturated heterocycles. The Hall–Kier alpha value is -4.09. The molecule has 0 radical (unpaired) electrons. The molecule has 1 heterocycles. The van der Waals surface area contributed by atoms with E-state index in [1.54, 1.807) is 0 Å². The molecule has 1 aliphatic heterocycles. The molecule has 0 N–H and O–H groups in total. The van der Waals surface area contributed by atoms with E-state index in [1.165, 1.54) is 49.5 Å². The van der Waals surface area contributed by atoms with E-state index in [0.717, 1.165) is 31.5 Å². The molecule has 6 rings (SSSR count). The normalized spacial score (nSPS) is 19.3. The average Bonchev–Trinajstić information content (AvgIpc) is 3.13. The minimum absolute atomic E-state index is 0.0710. The predicted molar refractivity (Wildman–Crippen MR) is 152 cm³/mol. The van der Waals surface area contributed by atoms with Crippen molar-refractivity contribution in [1.29, 1.82) is 5.26 Å². The van der Waals surface area contributed by atoms with Gasteiger partial charge in [-0.05, 0) is 80.9 Å². The van der Waals surface area contributed by atoms with Gasteiger partial charge in [-0.3, -0.25) is 0 Å². The minimum Gasteiger partial charge on any atom is -0.368 e. The fourth-order valence-corrected chi connectivity index (χ4v) is 6.05. The fourth-order valence-electron chi connectivity index (χ4n) is 6.05. The molecule has 2 aliphatic rings. The number of rotatable bonds is 1. The van der Waals surface area contributed by atoms with Gasteiger partial charge in [0.05, 0.1) is 11.6 Å². The highest BCUT2D eigenvalue weighted by Gasteiger charge is 2.37. The first-order chi connectivity index (χ1) is 17.5. The Morgan fingerprint density at radius 2 is 1.75 bits per heavy atom. The van der Waals surface area contributed by atoms with Gasteiger partial charge in [-0.2, -0.15) is 5.26 Å². The summed E-state index contributed by atoms with van der Waals surface area (Å²) in [5, 5.41) is 14.7. The molecular formula is C34H30N2. The van der Waals surface area contributed by atoms with Crippen molar-refractivity contribution < 1.29 is 0 Å². The van der Waals surface area contributed by atoms with Gasteiger partial charge in [0, 0.05) is 24.2 Å².